The third-order valence-electron chi connectivity index (χ3n) is 3.91. The number of nitrogens with zero attached hydrogens (tertiary/aromatic N) is 1. The number of methoxy groups -OCH3 is 3. The number of benzene rings is 2. The second-order valence-corrected chi connectivity index (χ2v) is 5.36. The molecule has 0 atom stereocenters. The lowest BCUT2D eigenvalue weighted by Crippen LogP contribution is -2.11. The Morgan fingerprint density at radius 3 is 2.27 bits per heavy atom. The van der Waals surface area contributed by atoms with Crippen molar-refractivity contribution in [2.45, 2.75) is 0 Å². The number of aromatic carboxylic acids is 1. The smallest absolute Gasteiger partial charge is 0.335 e. The lowest BCUT2D eigenvalue weighted by molar-refractivity contribution is 0.0697. The SMILES string of the molecule is COc1cc(OC)c(-c2nc3cc(C(=O)O)ccc3c(=O)[nH]2)cc1OC. The molecule has 134 valence electrons. The predicted octanol–water partition coefficient (Wildman–Crippen LogP) is 2.31. The van der Waals surface area contributed by atoms with Crippen LogP contribution in [0.2, 0.25) is 0 Å². The highest BCUT2D eigenvalue weighted by Crippen LogP contribution is 2.38. The number of rotatable bonds is 5. The summed E-state index contributed by atoms with van der Waals surface area (Å²) in [6.07, 6.45) is 0. The number of nitrogens with one attached hydrogen (secondary N) is 1. The van der Waals surface area contributed by atoms with E-state index >= 15 is 0 Å². The van der Waals surface area contributed by atoms with Gasteiger partial charge < -0.3 is 24.3 Å². The molecular weight excluding hydrogens is 340 g/mol. The van der Waals surface area contributed by atoms with E-state index in [1.165, 1.54) is 39.5 Å². The highest BCUT2D eigenvalue weighted by Gasteiger charge is 2.17. The Morgan fingerprint density at radius 1 is 1.00 bits per heavy atom. The molecule has 1 heterocycles. The van der Waals surface area contributed by atoms with Crippen molar-refractivity contribution < 1.29 is 24.1 Å². The van der Waals surface area contributed by atoms with Crippen LogP contribution in [0, 0.1) is 0 Å². The molecule has 0 amide bonds. The van der Waals surface area contributed by atoms with Crippen molar-refractivity contribution >= 4 is 16.9 Å². The minimum absolute atomic E-state index is 0.0424. The van der Waals surface area contributed by atoms with Gasteiger partial charge in [0.15, 0.2) is 11.5 Å². The Hall–Kier alpha value is -3.55. The summed E-state index contributed by atoms with van der Waals surface area (Å²) in [6, 6.07) is 7.39. The van der Waals surface area contributed by atoms with Gasteiger partial charge in [-0.2, -0.15) is 0 Å². The zero-order chi connectivity index (χ0) is 18.8. The van der Waals surface area contributed by atoms with Gasteiger partial charge in [-0.25, -0.2) is 9.78 Å². The fraction of sp³-hybridized carbons (Fsp3) is 0.167. The van der Waals surface area contributed by atoms with Crippen LogP contribution in [-0.2, 0) is 0 Å². The molecule has 1 aromatic heterocycles. The van der Waals surface area contributed by atoms with E-state index in [9.17, 15) is 9.59 Å². The molecule has 0 fully saturated rings. The maximum absolute atomic E-state index is 12.4. The summed E-state index contributed by atoms with van der Waals surface area (Å²) < 4.78 is 15.9. The summed E-state index contributed by atoms with van der Waals surface area (Å²) in [5.74, 6) is 0.441. The van der Waals surface area contributed by atoms with E-state index in [-0.39, 0.29) is 22.3 Å². The molecule has 0 aliphatic heterocycles. The van der Waals surface area contributed by atoms with Crippen LogP contribution < -0.4 is 19.8 Å². The summed E-state index contributed by atoms with van der Waals surface area (Å²) >= 11 is 0. The van der Waals surface area contributed by atoms with E-state index in [0.717, 1.165) is 0 Å². The number of hydrogen-bond acceptors (Lipinski definition) is 6. The van der Waals surface area contributed by atoms with E-state index in [1.54, 1.807) is 12.1 Å². The number of carboxylic acid groups (broad SMARTS) is 1. The zero-order valence-electron chi connectivity index (χ0n) is 14.3. The van der Waals surface area contributed by atoms with Crippen molar-refractivity contribution in [2.24, 2.45) is 0 Å². The number of aromatic nitrogens is 2. The molecule has 0 aliphatic rings. The minimum atomic E-state index is -1.10. The van der Waals surface area contributed by atoms with Crippen molar-refractivity contribution in [1.82, 2.24) is 9.97 Å². The third kappa shape index (κ3) is 2.92. The molecule has 0 spiro atoms. The first-order valence-corrected chi connectivity index (χ1v) is 7.56. The Kier molecular flexibility index (Phi) is 4.49. The van der Waals surface area contributed by atoms with E-state index in [4.69, 9.17) is 19.3 Å². The average molecular weight is 356 g/mol. The molecule has 3 aromatic rings. The van der Waals surface area contributed by atoms with Gasteiger partial charge in [0.05, 0.1) is 43.4 Å². The lowest BCUT2D eigenvalue weighted by Gasteiger charge is -2.14. The molecule has 26 heavy (non-hydrogen) atoms. The van der Waals surface area contributed by atoms with Gasteiger partial charge in [-0.15, -0.1) is 0 Å². The molecule has 8 nitrogen and oxygen atoms in total. The van der Waals surface area contributed by atoms with Crippen molar-refractivity contribution in [2.75, 3.05) is 21.3 Å². The number of fused-ring (bicyclic) bond motifs is 1. The van der Waals surface area contributed by atoms with Gasteiger partial charge >= 0.3 is 5.97 Å². The second-order valence-electron chi connectivity index (χ2n) is 5.36. The number of carbonyl (C=O) groups is 1. The summed E-state index contributed by atoms with van der Waals surface area (Å²) in [5.41, 5.74) is 0.393. The van der Waals surface area contributed by atoms with Crippen LogP contribution in [0.15, 0.2) is 35.1 Å². The Labute approximate surface area is 148 Å². The molecule has 2 aromatic carbocycles. The predicted molar refractivity (Wildman–Crippen MR) is 94.4 cm³/mol. The van der Waals surface area contributed by atoms with Gasteiger partial charge in [0.2, 0.25) is 0 Å². The van der Waals surface area contributed by atoms with E-state index < -0.39 is 11.5 Å². The molecule has 0 unspecified atom stereocenters. The molecule has 0 saturated carbocycles. The Bertz CT molecular complexity index is 1060. The van der Waals surface area contributed by atoms with Crippen LogP contribution in [0.4, 0.5) is 0 Å². The molecule has 2 N–H and O–H groups in total. The van der Waals surface area contributed by atoms with Crippen molar-refractivity contribution in [3.05, 3.63) is 46.2 Å². The first-order valence-electron chi connectivity index (χ1n) is 7.56. The maximum Gasteiger partial charge on any atom is 0.335 e. The maximum atomic E-state index is 12.4. The summed E-state index contributed by atoms with van der Waals surface area (Å²) in [7, 11) is 4.47. The van der Waals surface area contributed by atoms with Gasteiger partial charge in [-0.1, -0.05) is 0 Å². The van der Waals surface area contributed by atoms with E-state index in [2.05, 4.69) is 9.97 Å². The molecule has 0 radical (unpaired) electrons. The largest absolute Gasteiger partial charge is 0.496 e. The van der Waals surface area contributed by atoms with E-state index in [0.29, 0.717) is 22.8 Å². The van der Waals surface area contributed by atoms with Gasteiger partial charge in [-0.3, -0.25) is 4.79 Å². The van der Waals surface area contributed by atoms with Gasteiger partial charge in [-0.05, 0) is 24.3 Å². The normalized spacial score (nSPS) is 10.6. The van der Waals surface area contributed by atoms with Crippen molar-refractivity contribution in [1.29, 1.82) is 0 Å². The topological polar surface area (TPSA) is 111 Å². The van der Waals surface area contributed by atoms with E-state index in [1.807, 2.05) is 0 Å². The molecule has 0 bridgehead atoms. The molecule has 3 rings (SSSR count). The third-order valence-corrected chi connectivity index (χ3v) is 3.91. The Morgan fingerprint density at radius 2 is 1.65 bits per heavy atom. The number of H-pyrrole nitrogens is 1. The minimum Gasteiger partial charge on any atom is -0.496 e. The number of aromatic amines is 1. The van der Waals surface area contributed by atoms with Crippen LogP contribution in [0.1, 0.15) is 10.4 Å². The summed E-state index contributed by atoms with van der Waals surface area (Å²) in [4.78, 5) is 30.6. The molecule has 0 aliphatic carbocycles. The Balaban J connectivity index is 2.27. The van der Waals surface area contributed by atoms with Crippen molar-refractivity contribution in [3.8, 4) is 28.6 Å². The molecule has 8 heteroatoms. The lowest BCUT2D eigenvalue weighted by atomic mass is 10.1. The monoisotopic (exact) mass is 356 g/mol. The van der Waals surface area contributed by atoms with Gasteiger partial charge in [0.1, 0.15) is 11.6 Å². The van der Waals surface area contributed by atoms with Crippen LogP contribution in [-0.4, -0.2) is 42.4 Å². The average Bonchev–Trinajstić information content (AvgIpc) is 2.66. The van der Waals surface area contributed by atoms with Crippen molar-refractivity contribution in [3.63, 3.8) is 0 Å². The number of carboxylic acids is 1. The molecular formula is C18H16N2O6. The first-order chi connectivity index (χ1) is 12.5. The van der Waals surface area contributed by atoms with Gasteiger partial charge in [0.25, 0.3) is 5.56 Å². The zero-order valence-corrected chi connectivity index (χ0v) is 14.3. The fourth-order valence-electron chi connectivity index (χ4n) is 2.61. The highest BCUT2D eigenvalue weighted by molar-refractivity contribution is 5.93. The first kappa shape index (κ1) is 17.3. The summed E-state index contributed by atoms with van der Waals surface area (Å²) in [5, 5.41) is 9.43. The van der Waals surface area contributed by atoms with Gasteiger partial charge in [0, 0.05) is 6.07 Å². The highest BCUT2D eigenvalue weighted by atomic mass is 16.5. The van der Waals surface area contributed by atoms with Crippen LogP contribution in [0.3, 0.4) is 0 Å². The standard InChI is InChI=1S/C18H16N2O6/c1-24-13-8-15(26-3)14(25-2)7-11(13)16-19-12-6-9(18(22)23)4-5-10(12)17(21)20-16/h4-8H,1-3H3,(H,22,23)(H,19,20,21). The molecule has 0 saturated heterocycles. The quantitative estimate of drug-likeness (QED) is 0.721. The van der Waals surface area contributed by atoms with Crippen LogP contribution >= 0.6 is 0 Å². The summed E-state index contributed by atoms with van der Waals surface area (Å²) in [6.45, 7) is 0. The number of hydrogen-bond donors (Lipinski definition) is 2. The fourth-order valence-corrected chi connectivity index (χ4v) is 2.61. The second kappa shape index (κ2) is 6.75. The number of ether oxygens (including phenoxy) is 3. The van der Waals surface area contributed by atoms with Crippen LogP contribution in [0.5, 0.6) is 17.2 Å². The van der Waals surface area contributed by atoms with Crippen LogP contribution in [0.25, 0.3) is 22.3 Å².